The minimum atomic E-state index is -0.201. The Bertz CT molecular complexity index is 445. The molecule has 0 aliphatic rings. The molecule has 0 unspecified atom stereocenters. The summed E-state index contributed by atoms with van der Waals surface area (Å²) in [6.07, 6.45) is 4.33. The lowest BCUT2D eigenvalue weighted by Gasteiger charge is -2.05. The third-order valence-electron chi connectivity index (χ3n) is 2.79. The Hall–Kier alpha value is -1.49. The molecule has 116 valence electrons. The van der Waals surface area contributed by atoms with Crippen LogP contribution in [0.3, 0.4) is 0 Å². The number of carbonyl (C=O) groups excluding carboxylic acids is 2. The van der Waals surface area contributed by atoms with Crippen molar-refractivity contribution in [3.05, 3.63) is 24.3 Å². The van der Waals surface area contributed by atoms with E-state index in [-0.39, 0.29) is 11.9 Å². The van der Waals surface area contributed by atoms with E-state index in [1.807, 2.05) is 36.0 Å². The predicted molar refractivity (Wildman–Crippen MR) is 86.6 cm³/mol. The summed E-state index contributed by atoms with van der Waals surface area (Å²) in [5.74, 6) is 0.824. The first kappa shape index (κ1) is 17.6. The zero-order valence-corrected chi connectivity index (χ0v) is 13.5. The van der Waals surface area contributed by atoms with Crippen LogP contribution < -0.4 is 5.32 Å². The summed E-state index contributed by atoms with van der Waals surface area (Å²) in [6.45, 7) is 3.48. The van der Waals surface area contributed by atoms with Gasteiger partial charge in [-0.15, -0.1) is 11.8 Å². The number of nitrogens with one attached hydrogen (secondary N) is 1. The first-order valence-corrected chi connectivity index (χ1v) is 8.20. The lowest BCUT2D eigenvalue weighted by Crippen LogP contribution is -2.05. The van der Waals surface area contributed by atoms with Gasteiger partial charge in [-0.3, -0.25) is 9.59 Å². The predicted octanol–water partition coefficient (Wildman–Crippen LogP) is 3.86. The van der Waals surface area contributed by atoms with Crippen LogP contribution in [0.4, 0.5) is 5.69 Å². The molecule has 0 heterocycles. The van der Waals surface area contributed by atoms with E-state index in [0.29, 0.717) is 6.61 Å². The van der Waals surface area contributed by atoms with Crippen LogP contribution in [0.15, 0.2) is 29.2 Å². The molecule has 21 heavy (non-hydrogen) atoms. The molecule has 5 heteroatoms. The summed E-state index contributed by atoms with van der Waals surface area (Å²) in [6, 6.07) is 7.89. The topological polar surface area (TPSA) is 55.4 Å². The molecule has 0 aromatic heterocycles. The largest absolute Gasteiger partial charge is 0.466 e. The third kappa shape index (κ3) is 9.13. The van der Waals surface area contributed by atoms with Gasteiger partial charge in [0.25, 0.3) is 0 Å². The van der Waals surface area contributed by atoms with Crippen LogP contribution in [0.5, 0.6) is 0 Å². The molecule has 0 bridgehead atoms. The van der Waals surface area contributed by atoms with Crippen LogP contribution in [0.2, 0.25) is 0 Å². The van der Waals surface area contributed by atoms with Gasteiger partial charge in [0.05, 0.1) is 6.61 Å². The lowest BCUT2D eigenvalue weighted by atomic mass is 10.2. The Morgan fingerprint density at radius 3 is 2.33 bits per heavy atom. The molecule has 1 rings (SSSR count). The van der Waals surface area contributed by atoms with Crippen molar-refractivity contribution in [1.29, 1.82) is 0 Å². The molecular weight excluding hydrogens is 286 g/mol. The molecular formula is C16H23NO3S. The van der Waals surface area contributed by atoms with E-state index in [0.717, 1.165) is 37.1 Å². The molecule has 1 N–H and O–H groups in total. The van der Waals surface area contributed by atoms with Crippen molar-refractivity contribution in [2.75, 3.05) is 17.7 Å². The van der Waals surface area contributed by atoms with Crippen molar-refractivity contribution in [2.24, 2.45) is 0 Å². The summed E-state index contributed by atoms with van der Waals surface area (Å²) in [5, 5.41) is 2.75. The highest BCUT2D eigenvalue weighted by molar-refractivity contribution is 7.99. The number of amides is 1. The van der Waals surface area contributed by atoms with E-state index in [1.54, 1.807) is 0 Å². The second-order valence-electron chi connectivity index (χ2n) is 4.81. The quantitative estimate of drug-likeness (QED) is 0.427. The number of esters is 1. The summed E-state index contributed by atoms with van der Waals surface area (Å²) in [7, 11) is 0. The van der Waals surface area contributed by atoms with Gasteiger partial charge in [-0.05, 0) is 42.9 Å². The fraction of sp³-hybridized carbons (Fsp3) is 0.500. The number of ether oxygens (including phenoxy) is 1. The number of anilines is 1. The Morgan fingerprint density at radius 1 is 1.05 bits per heavy atom. The smallest absolute Gasteiger partial charge is 0.302 e. The van der Waals surface area contributed by atoms with Crippen LogP contribution >= 0.6 is 11.8 Å². The van der Waals surface area contributed by atoms with Crippen LogP contribution in [0, 0.1) is 0 Å². The van der Waals surface area contributed by atoms with Crippen LogP contribution in [0.25, 0.3) is 0 Å². The number of rotatable bonds is 9. The Balaban J connectivity index is 2.07. The van der Waals surface area contributed by atoms with E-state index >= 15 is 0 Å². The summed E-state index contributed by atoms with van der Waals surface area (Å²) in [4.78, 5) is 22.7. The molecule has 0 spiro atoms. The normalized spacial score (nSPS) is 10.2. The molecule has 4 nitrogen and oxygen atoms in total. The van der Waals surface area contributed by atoms with E-state index in [9.17, 15) is 9.59 Å². The molecule has 1 aromatic carbocycles. The number of carbonyl (C=O) groups is 2. The van der Waals surface area contributed by atoms with Gasteiger partial charge in [0.15, 0.2) is 0 Å². The van der Waals surface area contributed by atoms with E-state index in [2.05, 4.69) is 5.32 Å². The van der Waals surface area contributed by atoms with E-state index in [1.165, 1.54) is 18.7 Å². The van der Waals surface area contributed by atoms with Gasteiger partial charge in [-0.2, -0.15) is 0 Å². The Morgan fingerprint density at radius 2 is 1.71 bits per heavy atom. The summed E-state index contributed by atoms with van der Waals surface area (Å²) >= 11 is 1.82. The van der Waals surface area contributed by atoms with Crippen molar-refractivity contribution in [3.8, 4) is 0 Å². The van der Waals surface area contributed by atoms with Gasteiger partial charge in [-0.25, -0.2) is 0 Å². The highest BCUT2D eigenvalue weighted by atomic mass is 32.2. The average Bonchev–Trinajstić information content (AvgIpc) is 2.42. The number of hydrogen-bond donors (Lipinski definition) is 1. The van der Waals surface area contributed by atoms with Gasteiger partial charge in [0.2, 0.25) is 5.91 Å². The SMILES string of the molecule is CC(=O)Nc1ccc(SCCCCCCOC(C)=O)cc1. The lowest BCUT2D eigenvalue weighted by molar-refractivity contribution is -0.141. The average molecular weight is 309 g/mol. The maximum atomic E-state index is 10.9. The van der Waals surface area contributed by atoms with Crippen molar-refractivity contribution in [3.63, 3.8) is 0 Å². The molecule has 0 atom stereocenters. The van der Waals surface area contributed by atoms with Crippen molar-refractivity contribution < 1.29 is 14.3 Å². The molecule has 0 saturated heterocycles. The zero-order chi connectivity index (χ0) is 15.5. The number of benzene rings is 1. The first-order chi connectivity index (χ1) is 10.1. The molecule has 0 radical (unpaired) electrons. The zero-order valence-electron chi connectivity index (χ0n) is 12.7. The van der Waals surface area contributed by atoms with Gasteiger partial charge in [0, 0.05) is 24.4 Å². The highest BCUT2D eigenvalue weighted by Crippen LogP contribution is 2.21. The fourth-order valence-corrected chi connectivity index (χ4v) is 2.71. The standard InChI is InChI=1S/C16H23NO3S/c1-13(18)17-15-7-9-16(10-8-15)21-12-6-4-3-5-11-20-14(2)19/h7-10H,3-6,11-12H2,1-2H3,(H,17,18). The van der Waals surface area contributed by atoms with Crippen molar-refractivity contribution >= 4 is 29.3 Å². The molecule has 0 aliphatic heterocycles. The van der Waals surface area contributed by atoms with Crippen LogP contribution in [0.1, 0.15) is 39.5 Å². The van der Waals surface area contributed by atoms with Crippen molar-refractivity contribution in [2.45, 2.75) is 44.4 Å². The molecule has 0 aliphatic carbocycles. The first-order valence-electron chi connectivity index (χ1n) is 7.22. The number of thioether (sulfide) groups is 1. The van der Waals surface area contributed by atoms with Gasteiger partial charge in [-0.1, -0.05) is 12.8 Å². The molecule has 0 fully saturated rings. The second kappa shape index (κ2) is 10.3. The van der Waals surface area contributed by atoms with E-state index < -0.39 is 0 Å². The molecule has 0 saturated carbocycles. The maximum Gasteiger partial charge on any atom is 0.302 e. The minimum absolute atomic E-state index is 0.0517. The maximum absolute atomic E-state index is 10.9. The van der Waals surface area contributed by atoms with Crippen LogP contribution in [-0.2, 0) is 14.3 Å². The molecule has 1 amide bonds. The second-order valence-corrected chi connectivity index (χ2v) is 5.98. The summed E-state index contributed by atoms with van der Waals surface area (Å²) < 4.78 is 4.88. The van der Waals surface area contributed by atoms with Crippen molar-refractivity contribution in [1.82, 2.24) is 0 Å². The fourth-order valence-electron chi connectivity index (χ4n) is 1.80. The van der Waals surface area contributed by atoms with Gasteiger partial charge < -0.3 is 10.1 Å². The molecule has 1 aromatic rings. The third-order valence-corrected chi connectivity index (χ3v) is 3.89. The van der Waals surface area contributed by atoms with E-state index in [4.69, 9.17) is 4.74 Å². The van der Waals surface area contributed by atoms with Gasteiger partial charge in [0.1, 0.15) is 0 Å². The number of hydrogen-bond acceptors (Lipinski definition) is 4. The number of unbranched alkanes of at least 4 members (excludes halogenated alkanes) is 3. The monoisotopic (exact) mass is 309 g/mol. The highest BCUT2D eigenvalue weighted by Gasteiger charge is 1.98. The summed E-state index contributed by atoms with van der Waals surface area (Å²) in [5.41, 5.74) is 0.831. The van der Waals surface area contributed by atoms with Crippen LogP contribution in [-0.4, -0.2) is 24.2 Å². The Kier molecular flexibility index (Phi) is 8.59. The Labute approximate surface area is 130 Å². The minimum Gasteiger partial charge on any atom is -0.466 e. The van der Waals surface area contributed by atoms with Gasteiger partial charge >= 0.3 is 5.97 Å².